The highest BCUT2D eigenvalue weighted by Gasteiger charge is 2.25. The van der Waals surface area contributed by atoms with Crippen molar-refractivity contribution in [2.24, 2.45) is 17.6 Å². The number of rotatable bonds is 4. The molecule has 1 aliphatic heterocycles. The lowest BCUT2D eigenvalue weighted by molar-refractivity contribution is 0.0832. The third-order valence-electron chi connectivity index (χ3n) is 2.23. The molecule has 2 nitrogen and oxygen atoms in total. The standard InChI is InChI=1S/C9H20N2/c1-8(2)5-11-6-9(7-11)3-4-10/h8-9H,3-7,10H2,1-2H3. The van der Waals surface area contributed by atoms with Crippen molar-refractivity contribution in [2.75, 3.05) is 26.2 Å². The molecule has 0 aromatic carbocycles. The second-order valence-electron chi connectivity index (χ2n) is 4.06. The van der Waals surface area contributed by atoms with Crippen LogP contribution in [0, 0.1) is 11.8 Å². The van der Waals surface area contributed by atoms with Gasteiger partial charge in [-0.3, -0.25) is 0 Å². The van der Waals surface area contributed by atoms with E-state index in [-0.39, 0.29) is 0 Å². The van der Waals surface area contributed by atoms with Crippen LogP contribution in [0.1, 0.15) is 20.3 Å². The molecule has 2 heteroatoms. The summed E-state index contributed by atoms with van der Waals surface area (Å²) >= 11 is 0. The molecule has 11 heavy (non-hydrogen) atoms. The van der Waals surface area contributed by atoms with Crippen molar-refractivity contribution in [3.63, 3.8) is 0 Å². The molecule has 1 saturated heterocycles. The van der Waals surface area contributed by atoms with Gasteiger partial charge in [0.25, 0.3) is 0 Å². The molecule has 1 aliphatic rings. The van der Waals surface area contributed by atoms with E-state index in [1.54, 1.807) is 0 Å². The molecule has 0 aliphatic carbocycles. The number of nitrogens with two attached hydrogens (primary N) is 1. The number of nitrogens with zero attached hydrogens (tertiary/aromatic N) is 1. The van der Waals surface area contributed by atoms with Gasteiger partial charge < -0.3 is 10.6 Å². The normalized spacial score (nSPS) is 20.7. The molecule has 0 amide bonds. The molecule has 0 aromatic heterocycles. The van der Waals surface area contributed by atoms with E-state index in [1.165, 1.54) is 26.1 Å². The van der Waals surface area contributed by atoms with Gasteiger partial charge in [-0.2, -0.15) is 0 Å². The molecule has 0 radical (unpaired) electrons. The topological polar surface area (TPSA) is 29.3 Å². The van der Waals surface area contributed by atoms with Crippen LogP contribution in [-0.2, 0) is 0 Å². The first-order chi connectivity index (χ1) is 5.22. The predicted octanol–water partition coefficient (Wildman–Crippen LogP) is 0.923. The van der Waals surface area contributed by atoms with Crippen LogP contribution in [0.15, 0.2) is 0 Å². The Morgan fingerprint density at radius 3 is 2.55 bits per heavy atom. The highest BCUT2D eigenvalue weighted by molar-refractivity contribution is 4.80. The maximum absolute atomic E-state index is 5.47. The fourth-order valence-corrected chi connectivity index (χ4v) is 1.76. The highest BCUT2D eigenvalue weighted by Crippen LogP contribution is 2.18. The van der Waals surface area contributed by atoms with Crippen LogP contribution < -0.4 is 5.73 Å². The summed E-state index contributed by atoms with van der Waals surface area (Å²) in [4.78, 5) is 2.52. The van der Waals surface area contributed by atoms with Gasteiger partial charge in [-0.1, -0.05) is 13.8 Å². The number of hydrogen-bond donors (Lipinski definition) is 1. The van der Waals surface area contributed by atoms with Crippen molar-refractivity contribution in [3.05, 3.63) is 0 Å². The van der Waals surface area contributed by atoms with Gasteiger partial charge in [0.15, 0.2) is 0 Å². The lowest BCUT2D eigenvalue weighted by Gasteiger charge is -2.40. The van der Waals surface area contributed by atoms with E-state index in [4.69, 9.17) is 5.73 Å². The monoisotopic (exact) mass is 156 g/mol. The van der Waals surface area contributed by atoms with Crippen LogP contribution in [0.3, 0.4) is 0 Å². The lowest BCUT2D eigenvalue weighted by atomic mass is 9.95. The average molecular weight is 156 g/mol. The smallest absolute Gasteiger partial charge is 0.00226 e. The molecular weight excluding hydrogens is 136 g/mol. The first-order valence-electron chi connectivity index (χ1n) is 4.64. The Hall–Kier alpha value is -0.0800. The number of hydrogen-bond acceptors (Lipinski definition) is 2. The van der Waals surface area contributed by atoms with Gasteiger partial charge in [0, 0.05) is 19.6 Å². The van der Waals surface area contributed by atoms with E-state index >= 15 is 0 Å². The Bertz CT molecular complexity index is 106. The largest absolute Gasteiger partial charge is 0.330 e. The van der Waals surface area contributed by atoms with Gasteiger partial charge in [-0.25, -0.2) is 0 Å². The zero-order valence-electron chi connectivity index (χ0n) is 7.71. The fourth-order valence-electron chi connectivity index (χ4n) is 1.76. The Labute approximate surface area is 69.8 Å². The minimum Gasteiger partial charge on any atom is -0.330 e. The quantitative estimate of drug-likeness (QED) is 0.656. The molecule has 1 fully saturated rings. The highest BCUT2D eigenvalue weighted by atomic mass is 15.2. The third-order valence-corrected chi connectivity index (χ3v) is 2.23. The fraction of sp³-hybridized carbons (Fsp3) is 1.00. The van der Waals surface area contributed by atoms with Crippen LogP contribution in [0.5, 0.6) is 0 Å². The van der Waals surface area contributed by atoms with Gasteiger partial charge in [-0.15, -0.1) is 0 Å². The lowest BCUT2D eigenvalue weighted by Crippen LogP contribution is -2.48. The second kappa shape index (κ2) is 4.07. The maximum atomic E-state index is 5.47. The van der Waals surface area contributed by atoms with Crippen molar-refractivity contribution in [3.8, 4) is 0 Å². The SMILES string of the molecule is CC(C)CN1CC(CCN)C1. The van der Waals surface area contributed by atoms with E-state index in [2.05, 4.69) is 18.7 Å². The molecule has 0 aromatic rings. The van der Waals surface area contributed by atoms with Gasteiger partial charge in [0.05, 0.1) is 0 Å². The Morgan fingerprint density at radius 1 is 1.45 bits per heavy atom. The Balaban J connectivity index is 2.00. The molecule has 66 valence electrons. The van der Waals surface area contributed by atoms with Crippen molar-refractivity contribution in [2.45, 2.75) is 20.3 Å². The van der Waals surface area contributed by atoms with E-state index < -0.39 is 0 Å². The van der Waals surface area contributed by atoms with Crippen molar-refractivity contribution < 1.29 is 0 Å². The maximum Gasteiger partial charge on any atom is 0.00226 e. The van der Waals surface area contributed by atoms with Crippen LogP contribution in [-0.4, -0.2) is 31.1 Å². The van der Waals surface area contributed by atoms with Crippen LogP contribution in [0.2, 0.25) is 0 Å². The average Bonchev–Trinajstić information content (AvgIpc) is 1.82. The number of likely N-dealkylation sites (tertiary alicyclic amines) is 1. The van der Waals surface area contributed by atoms with Crippen molar-refractivity contribution >= 4 is 0 Å². The van der Waals surface area contributed by atoms with Crippen molar-refractivity contribution in [1.29, 1.82) is 0 Å². The van der Waals surface area contributed by atoms with Crippen LogP contribution >= 0.6 is 0 Å². The minimum atomic E-state index is 0.814. The molecule has 0 spiro atoms. The molecule has 0 atom stereocenters. The zero-order chi connectivity index (χ0) is 8.27. The zero-order valence-corrected chi connectivity index (χ0v) is 7.71. The second-order valence-corrected chi connectivity index (χ2v) is 4.06. The van der Waals surface area contributed by atoms with Gasteiger partial charge in [0.1, 0.15) is 0 Å². The summed E-state index contributed by atoms with van der Waals surface area (Å²) in [5, 5.41) is 0. The summed E-state index contributed by atoms with van der Waals surface area (Å²) in [6, 6.07) is 0. The summed E-state index contributed by atoms with van der Waals surface area (Å²) in [6.07, 6.45) is 1.22. The minimum absolute atomic E-state index is 0.814. The Morgan fingerprint density at radius 2 is 2.09 bits per heavy atom. The van der Waals surface area contributed by atoms with Gasteiger partial charge in [-0.05, 0) is 24.8 Å². The summed E-state index contributed by atoms with van der Waals surface area (Å²) in [5.74, 6) is 1.72. The predicted molar refractivity (Wildman–Crippen MR) is 48.4 cm³/mol. The molecule has 0 saturated carbocycles. The molecule has 0 bridgehead atoms. The van der Waals surface area contributed by atoms with E-state index in [1.807, 2.05) is 0 Å². The van der Waals surface area contributed by atoms with E-state index in [9.17, 15) is 0 Å². The summed E-state index contributed by atoms with van der Waals surface area (Å²) in [7, 11) is 0. The van der Waals surface area contributed by atoms with Gasteiger partial charge >= 0.3 is 0 Å². The van der Waals surface area contributed by atoms with E-state index in [0.717, 1.165) is 18.4 Å². The first kappa shape index (κ1) is 9.01. The summed E-state index contributed by atoms with van der Waals surface area (Å²) in [5.41, 5.74) is 5.47. The Kier molecular flexibility index (Phi) is 3.34. The van der Waals surface area contributed by atoms with E-state index in [0.29, 0.717) is 0 Å². The summed E-state index contributed by atoms with van der Waals surface area (Å²) < 4.78 is 0. The van der Waals surface area contributed by atoms with Crippen LogP contribution in [0.4, 0.5) is 0 Å². The summed E-state index contributed by atoms with van der Waals surface area (Å²) in [6.45, 7) is 9.25. The third kappa shape index (κ3) is 2.80. The molecular formula is C9H20N2. The van der Waals surface area contributed by atoms with Crippen LogP contribution in [0.25, 0.3) is 0 Å². The van der Waals surface area contributed by atoms with Gasteiger partial charge in [0.2, 0.25) is 0 Å². The molecule has 2 N–H and O–H groups in total. The molecule has 1 rings (SSSR count). The van der Waals surface area contributed by atoms with Crippen molar-refractivity contribution in [1.82, 2.24) is 4.90 Å². The molecule has 1 heterocycles. The molecule has 0 unspecified atom stereocenters. The first-order valence-corrected chi connectivity index (χ1v) is 4.64.